The Morgan fingerprint density at radius 1 is 0.967 bits per heavy atom. The Bertz CT molecular complexity index is 889. The van der Waals surface area contributed by atoms with E-state index in [0.717, 1.165) is 85.4 Å². The van der Waals surface area contributed by atoms with E-state index in [1.807, 2.05) is 19.1 Å². The van der Waals surface area contributed by atoms with Gasteiger partial charge in [-0.05, 0) is 93.4 Å². The zero-order chi connectivity index (χ0) is 20.7. The molecule has 30 heavy (non-hydrogen) atoms. The lowest BCUT2D eigenvalue weighted by Crippen LogP contribution is -2.58. The first-order valence-electron chi connectivity index (χ1n) is 12.0. The van der Waals surface area contributed by atoms with Crippen molar-refractivity contribution in [1.82, 2.24) is 4.90 Å². The Labute approximate surface area is 179 Å². The maximum atomic E-state index is 13.7. The van der Waals surface area contributed by atoms with E-state index < -0.39 is 5.60 Å². The van der Waals surface area contributed by atoms with Crippen LogP contribution >= 0.6 is 0 Å². The van der Waals surface area contributed by atoms with Crippen LogP contribution < -0.4 is 4.74 Å². The van der Waals surface area contributed by atoms with Crippen LogP contribution in [0.1, 0.15) is 79.3 Å². The van der Waals surface area contributed by atoms with Crippen LogP contribution in [0.4, 0.5) is 0 Å². The molecule has 160 valence electrons. The average molecular weight is 408 g/mol. The fraction of sp³-hybridized carbons (Fsp3) is 0.692. The summed E-state index contributed by atoms with van der Waals surface area (Å²) in [6, 6.07) is 4.00. The van der Waals surface area contributed by atoms with Gasteiger partial charge in [0.1, 0.15) is 11.4 Å². The van der Waals surface area contributed by atoms with Crippen molar-refractivity contribution in [2.45, 2.75) is 77.2 Å². The van der Waals surface area contributed by atoms with E-state index in [2.05, 4.69) is 11.8 Å². The zero-order valence-electron chi connectivity index (χ0n) is 18.3. The summed E-state index contributed by atoms with van der Waals surface area (Å²) in [5.74, 6) is 3.73. The van der Waals surface area contributed by atoms with Gasteiger partial charge in [0.2, 0.25) is 5.91 Å². The van der Waals surface area contributed by atoms with Crippen molar-refractivity contribution in [2.75, 3.05) is 13.1 Å². The second-order valence-corrected chi connectivity index (χ2v) is 11.3. The number of hydrogen-bond donors (Lipinski definition) is 0. The molecule has 0 radical (unpaired) electrons. The number of carbonyl (C=O) groups is 2. The minimum Gasteiger partial charge on any atom is -0.486 e. The van der Waals surface area contributed by atoms with Crippen molar-refractivity contribution < 1.29 is 14.3 Å². The van der Waals surface area contributed by atoms with E-state index in [0.29, 0.717) is 12.3 Å². The minimum atomic E-state index is -0.427. The Morgan fingerprint density at radius 2 is 1.53 bits per heavy atom. The van der Waals surface area contributed by atoms with Crippen molar-refractivity contribution >= 4 is 11.7 Å². The largest absolute Gasteiger partial charge is 0.486 e. The summed E-state index contributed by atoms with van der Waals surface area (Å²) in [6.45, 7) is 5.57. The van der Waals surface area contributed by atoms with Crippen molar-refractivity contribution in [3.63, 3.8) is 0 Å². The molecule has 4 saturated carbocycles. The number of carbonyl (C=O) groups excluding carboxylic acids is 2. The number of ketones is 1. The van der Waals surface area contributed by atoms with E-state index in [4.69, 9.17) is 4.74 Å². The maximum Gasteiger partial charge on any atom is 0.228 e. The van der Waals surface area contributed by atoms with Gasteiger partial charge in [-0.3, -0.25) is 9.59 Å². The quantitative estimate of drug-likeness (QED) is 0.669. The Balaban J connectivity index is 1.19. The van der Waals surface area contributed by atoms with Crippen molar-refractivity contribution in [1.29, 1.82) is 0 Å². The molecule has 0 unspecified atom stereocenters. The molecular formula is C26H33NO3. The Morgan fingerprint density at radius 3 is 2.13 bits per heavy atom. The molecular weight excluding hydrogens is 374 g/mol. The first-order valence-corrected chi connectivity index (χ1v) is 12.0. The van der Waals surface area contributed by atoms with Crippen LogP contribution in [0.5, 0.6) is 5.75 Å². The molecule has 4 heteroatoms. The zero-order valence-corrected chi connectivity index (χ0v) is 18.3. The first kappa shape index (κ1) is 18.9. The predicted molar refractivity (Wildman–Crippen MR) is 115 cm³/mol. The van der Waals surface area contributed by atoms with Crippen LogP contribution in [0, 0.1) is 37.0 Å². The van der Waals surface area contributed by atoms with Gasteiger partial charge in [0.05, 0.1) is 17.4 Å². The molecule has 1 spiro atoms. The monoisotopic (exact) mass is 407 g/mol. The highest BCUT2D eigenvalue weighted by Gasteiger charge is 2.56. The predicted octanol–water partition coefficient (Wildman–Crippen LogP) is 4.85. The normalized spacial score (nSPS) is 36.0. The third-order valence-electron chi connectivity index (χ3n) is 9.16. The number of piperidine rings is 1. The molecule has 4 bridgehead atoms. The summed E-state index contributed by atoms with van der Waals surface area (Å²) in [7, 11) is 0. The molecule has 5 fully saturated rings. The van der Waals surface area contributed by atoms with E-state index >= 15 is 0 Å². The van der Waals surface area contributed by atoms with Crippen molar-refractivity contribution in [3.8, 4) is 5.75 Å². The summed E-state index contributed by atoms with van der Waals surface area (Å²) in [5.41, 5.74) is 2.54. The Kier molecular flexibility index (Phi) is 3.99. The molecule has 1 aromatic carbocycles. The number of nitrogens with zero attached hydrogens (tertiary/aromatic N) is 1. The van der Waals surface area contributed by atoms with Crippen LogP contribution in [0.2, 0.25) is 0 Å². The van der Waals surface area contributed by atoms with E-state index in [-0.39, 0.29) is 11.2 Å². The van der Waals surface area contributed by atoms with Crippen LogP contribution in [0.15, 0.2) is 12.1 Å². The number of benzene rings is 1. The molecule has 4 aliphatic carbocycles. The number of amides is 1. The number of aryl methyl sites for hydroxylation is 2. The molecule has 6 aliphatic rings. The fourth-order valence-electron chi connectivity index (χ4n) is 7.85. The molecule has 1 amide bonds. The summed E-state index contributed by atoms with van der Waals surface area (Å²) in [5, 5.41) is 0. The highest BCUT2D eigenvalue weighted by atomic mass is 16.5. The molecule has 1 aromatic rings. The van der Waals surface area contributed by atoms with E-state index in [1.165, 1.54) is 19.3 Å². The number of rotatable bonds is 1. The molecule has 0 aromatic heterocycles. The van der Waals surface area contributed by atoms with Gasteiger partial charge in [-0.1, -0.05) is 0 Å². The number of likely N-dealkylation sites (tertiary alicyclic amines) is 1. The first-order chi connectivity index (χ1) is 14.3. The molecule has 2 aliphatic heterocycles. The maximum absolute atomic E-state index is 13.7. The second kappa shape index (κ2) is 6.34. The van der Waals surface area contributed by atoms with E-state index in [1.54, 1.807) is 0 Å². The van der Waals surface area contributed by atoms with Gasteiger partial charge in [0, 0.05) is 25.9 Å². The van der Waals surface area contributed by atoms with Crippen LogP contribution in [0.3, 0.4) is 0 Å². The fourth-order valence-corrected chi connectivity index (χ4v) is 7.85. The number of fused-ring (bicyclic) bond motifs is 1. The molecule has 4 nitrogen and oxygen atoms in total. The molecule has 0 N–H and O–H groups in total. The smallest absolute Gasteiger partial charge is 0.228 e. The van der Waals surface area contributed by atoms with Gasteiger partial charge < -0.3 is 9.64 Å². The van der Waals surface area contributed by atoms with Gasteiger partial charge >= 0.3 is 0 Å². The Hall–Kier alpha value is -1.84. The SMILES string of the molecule is Cc1cc2c(cc1C)C(=O)CC1(CCN(C(=O)C34CC5CC(CC(C5)C3)C4)CC1)O2. The van der Waals surface area contributed by atoms with Gasteiger partial charge in [0.25, 0.3) is 0 Å². The van der Waals surface area contributed by atoms with Crippen LogP contribution in [0.25, 0.3) is 0 Å². The van der Waals surface area contributed by atoms with Crippen LogP contribution in [-0.4, -0.2) is 35.3 Å². The third-order valence-corrected chi connectivity index (χ3v) is 9.16. The van der Waals surface area contributed by atoms with Crippen molar-refractivity contribution in [2.24, 2.45) is 23.2 Å². The summed E-state index contributed by atoms with van der Waals surface area (Å²) < 4.78 is 6.49. The summed E-state index contributed by atoms with van der Waals surface area (Å²) >= 11 is 0. The summed E-state index contributed by atoms with van der Waals surface area (Å²) in [6.07, 6.45) is 9.45. The topological polar surface area (TPSA) is 46.6 Å². The van der Waals surface area contributed by atoms with Gasteiger partial charge in [-0.15, -0.1) is 0 Å². The lowest BCUT2D eigenvalue weighted by molar-refractivity contribution is -0.161. The van der Waals surface area contributed by atoms with Gasteiger partial charge in [-0.2, -0.15) is 0 Å². The van der Waals surface area contributed by atoms with Crippen molar-refractivity contribution in [3.05, 3.63) is 28.8 Å². The van der Waals surface area contributed by atoms with E-state index in [9.17, 15) is 9.59 Å². The standard InChI is InChI=1S/C26H33NO3/c1-16-7-21-22(28)15-26(30-23(21)8-17(16)2)3-5-27(6-4-26)24(29)25-12-18-9-19(13-25)11-20(10-18)14-25/h7-8,18-20H,3-6,9-15H2,1-2H3. The highest BCUT2D eigenvalue weighted by Crippen LogP contribution is 2.60. The lowest BCUT2D eigenvalue weighted by atomic mass is 9.49. The molecule has 7 rings (SSSR count). The third kappa shape index (κ3) is 2.78. The molecule has 2 heterocycles. The van der Waals surface area contributed by atoms with Gasteiger partial charge in [0.15, 0.2) is 5.78 Å². The van der Waals surface area contributed by atoms with Crippen LogP contribution in [-0.2, 0) is 4.79 Å². The minimum absolute atomic E-state index is 0.0657. The summed E-state index contributed by atoms with van der Waals surface area (Å²) in [4.78, 5) is 28.7. The second-order valence-electron chi connectivity index (χ2n) is 11.3. The number of Topliss-reactive ketones (excluding diaryl/α,β-unsaturated/α-hetero) is 1. The lowest BCUT2D eigenvalue weighted by Gasteiger charge is -2.57. The average Bonchev–Trinajstić information content (AvgIpc) is 2.69. The molecule has 1 saturated heterocycles. The van der Waals surface area contributed by atoms with Gasteiger partial charge in [-0.25, -0.2) is 0 Å². The number of ether oxygens (including phenoxy) is 1. The highest BCUT2D eigenvalue weighted by molar-refractivity contribution is 6.00. The number of hydrogen-bond acceptors (Lipinski definition) is 3. The molecule has 0 atom stereocenters.